The van der Waals surface area contributed by atoms with Crippen molar-refractivity contribution < 1.29 is 14.3 Å². The van der Waals surface area contributed by atoms with E-state index in [4.69, 9.17) is 4.74 Å². The third kappa shape index (κ3) is 4.59. The monoisotopic (exact) mass is 424 g/mol. The summed E-state index contributed by atoms with van der Waals surface area (Å²) in [6.45, 7) is 1.57. The van der Waals surface area contributed by atoms with E-state index in [0.717, 1.165) is 36.2 Å². The second-order valence-electron chi connectivity index (χ2n) is 7.37. The van der Waals surface area contributed by atoms with Crippen molar-refractivity contribution in [1.29, 1.82) is 0 Å². The molecule has 30 heavy (non-hydrogen) atoms. The highest BCUT2D eigenvalue weighted by Gasteiger charge is 2.26. The van der Waals surface area contributed by atoms with Gasteiger partial charge in [-0.05, 0) is 43.3 Å². The first-order chi connectivity index (χ1) is 14.6. The van der Waals surface area contributed by atoms with Gasteiger partial charge in [-0.1, -0.05) is 43.5 Å². The zero-order valence-electron chi connectivity index (χ0n) is 16.8. The molecule has 3 aromatic rings. The summed E-state index contributed by atoms with van der Waals surface area (Å²) in [4.78, 5) is 30.4. The minimum absolute atomic E-state index is 0.0698. The lowest BCUT2D eigenvalue weighted by Gasteiger charge is -2.24. The Balaban J connectivity index is 1.50. The molecule has 0 radical (unpaired) electrons. The summed E-state index contributed by atoms with van der Waals surface area (Å²) in [5.74, 6) is -0.507. The summed E-state index contributed by atoms with van der Waals surface area (Å²) in [5.41, 5.74) is 0.788. The number of nitrogens with zero attached hydrogens (tertiary/aromatic N) is 3. The highest BCUT2D eigenvalue weighted by molar-refractivity contribution is 7.13. The average Bonchev–Trinajstić information content (AvgIpc) is 3.45. The fourth-order valence-corrected chi connectivity index (χ4v) is 4.24. The molecule has 4 rings (SSSR count). The lowest BCUT2D eigenvalue weighted by Crippen LogP contribution is -2.42. The van der Waals surface area contributed by atoms with Crippen molar-refractivity contribution in [1.82, 2.24) is 20.1 Å². The number of para-hydroxylation sites is 1. The SMILES string of the molecule is CC(OC(=O)c1nc(-c2cccs2)n(-c2ccccc2)n1)C(=O)NC1CCCCC1. The van der Waals surface area contributed by atoms with Gasteiger partial charge in [0.05, 0.1) is 10.6 Å². The predicted molar refractivity (Wildman–Crippen MR) is 115 cm³/mol. The average molecular weight is 425 g/mol. The summed E-state index contributed by atoms with van der Waals surface area (Å²) >= 11 is 1.51. The molecule has 1 fully saturated rings. The minimum Gasteiger partial charge on any atom is -0.447 e. The summed E-state index contributed by atoms with van der Waals surface area (Å²) in [7, 11) is 0. The van der Waals surface area contributed by atoms with Crippen LogP contribution in [-0.4, -0.2) is 38.8 Å². The molecule has 1 aromatic carbocycles. The maximum Gasteiger partial charge on any atom is 0.379 e. The van der Waals surface area contributed by atoms with Crippen molar-refractivity contribution in [3.05, 3.63) is 53.7 Å². The van der Waals surface area contributed by atoms with E-state index in [2.05, 4.69) is 15.4 Å². The first-order valence-electron chi connectivity index (χ1n) is 10.2. The van der Waals surface area contributed by atoms with Crippen molar-refractivity contribution in [3.63, 3.8) is 0 Å². The van der Waals surface area contributed by atoms with Crippen molar-refractivity contribution in [2.24, 2.45) is 0 Å². The van der Waals surface area contributed by atoms with Crippen LogP contribution < -0.4 is 5.32 Å². The maximum absolute atomic E-state index is 12.7. The first kappa shape index (κ1) is 20.3. The maximum atomic E-state index is 12.7. The molecule has 7 nitrogen and oxygen atoms in total. The summed E-state index contributed by atoms with van der Waals surface area (Å²) in [6.07, 6.45) is 4.48. The second kappa shape index (κ2) is 9.21. The van der Waals surface area contributed by atoms with Crippen LogP contribution >= 0.6 is 11.3 Å². The van der Waals surface area contributed by atoms with E-state index in [9.17, 15) is 9.59 Å². The fourth-order valence-electron chi connectivity index (χ4n) is 3.55. The molecule has 0 spiro atoms. The second-order valence-corrected chi connectivity index (χ2v) is 8.32. The number of hydrogen-bond acceptors (Lipinski definition) is 6. The van der Waals surface area contributed by atoms with Gasteiger partial charge in [0, 0.05) is 6.04 Å². The molecular formula is C22H24N4O3S. The summed E-state index contributed by atoms with van der Waals surface area (Å²) < 4.78 is 7.00. The van der Waals surface area contributed by atoms with Crippen molar-refractivity contribution in [3.8, 4) is 16.4 Å². The van der Waals surface area contributed by atoms with Crippen LogP contribution in [0.15, 0.2) is 47.8 Å². The van der Waals surface area contributed by atoms with Crippen LogP contribution in [-0.2, 0) is 9.53 Å². The van der Waals surface area contributed by atoms with Gasteiger partial charge in [-0.15, -0.1) is 16.4 Å². The van der Waals surface area contributed by atoms with Gasteiger partial charge in [-0.3, -0.25) is 4.79 Å². The predicted octanol–water partition coefficient (Wildman–Crippen LogP) is 3.99. The number of thiophene rings is 1. The molecule has 1 aliphatic carbocycles. The summed E-state index contributed by atoms with van der Waals surface area (Å²) in [6, 6.07) is 13.5. The molecule has 1 unspecified atom stereocenters. The number of carbonyl (C=O) groups excluding carboxylic acids is 2. The third-order valence-corrected chi connectivity index (χ3v) is 6.00. The van der Waals surface area contributed by atoms with E-state index in [1.807, 2.05) is 47.8 Å². The van der Waals surface area contributed by atoms with E-state index in [0.29, 0.717) is 5.82 Å². The Morgan fingerprint density at radius 1 is 1.13 bits per heavy atom. The standard InChI is InChI=1S/C22H24N4O3S/c1-15(21(27)23-16-9-4-2-5-10-16)29-22(28)19-24-20(18-13-8-14-30-18)26(25-19)17-11-6-3-7-12-17/h3,6-8,11-16H,2,4-5,9-10H2,1H3,(H,23,27). The lowest BCUT2D eigenvalue weighted by atomic mass is 9.95. The molecule has 1 aliphatic rings. The zero-order valence-corrected chi connectivity index (χ0v) is 17.6. The van der Waals surface area contributed by atoms with Crippen molar-refractivity contribution >= 4 is 23.2 Å². The molecule has 8 heteroatoms. The molecule has 156 valence electrons. The summed E-state index contributed by atoms with van der Waals surface area (Å²) in [5, 5.41) is 9.29. The topological polar surface area (TPSA) is 86.1 Å². The fraction of sp³-hybridized carbons (Fsp3) is 0.364. The van der Waals surface area contributed by atoms with Gasteiger partial charge < -0.3 is 10.1 Å². The third-order valence-electron chi connectivity index (χ3n) is 5.14. The van der Waals surface area contributed by atoms with Gasteiger partial charge >= 0.3 is 5.97 Å². The normalized spacial score (nSPS) is 15.5. The molecule has 1 atom stereocenters. The highest BCUT2D eigenvalue weighted by atomic mass is 32.1. The van der Waals surface area contributed by atoms with Gasteiger partial charge in [0.1, 0.15) is 0 Å². The van der Waals surface area contributed by atoms with Crippen LogP contribution in [0, 0.1) is 0 Å². The van der Waals surface area contributed by atoms with E-state index < -0.39 is 12.1 Å². The lowest BCUT2D eigenvalue weighted by molar-refractivity contribution is -0.130. The molecule has 1 N–H and O–H groups in total. The van der Waals surface area contributed by atoms with Gasteiger partial charge in [0.15, 0.2) is 11.9 Å². The molecular weight excluding hydrogens is 400 g/mol. The minimum atomic E-state index is -0.909. The van der Waals surface area contributed by atoms with Gasteiger partial charge in [-0.25, -0.2) is 9.48 Å². The molecule has 2 aromatic heterocycles. The number of nitrogens with one attached hydrogen (secondary N) is 1. The number of benzene rings is 1. The number of ether oxygens (including phenoxy) is 1. The highest BCUT2D eigenvalue weighted by Crippen LogP contribution is 2.25. The Bertz CT molecular complexity index is 995. The molecule has 0 saturated heterocycles. The number of rotatable bonds is 6. The Hall–Kier alpha value is -3.00. The number of amides is 1. The van der Waals surface area contributed by atoms with E-state index in [1.165, 1.54) is 17.8 Å². The van der Waals surface area contributed by atoms with Crippen LogP contribution in [0.1, 0.15) is 49.6 Å². The van der Waals surface area contributed by atoms with Gasteiger partial charge in [0.2, 0.25) is 0 Å². The Labute approximate surface area is 179 Å². The van der Waals surface area contributed by atoms with Crippen LogP contribution in [0.5, 0.6) is 0 Å². The van der Waals surface area contributed by atoms with Gasteiger partial charge in [0.25, 0.3) is 11.7 Å². The largest absolute Gasteiger partial charge is 0.447 e. The number of esters is 1. The van der Waals surface area contributed by atoms with Crippen molar-refractivity contribution in [2.45, 2.75) is 51.2 Å². The number of carbonyl (C=O) groups is 2. The molecule has 1 amide bonds. The Morgan fingerprint density at radius 2 is 1.90 bits per heavy atom. The first-order valence-corrected chi connectivity index (χ1v) is 11.1. The van der Waals surface area contributed by atoms with Crippen LogP contribution in [0.2, 0.25) is 0 Å². The Kier molecular flexibility index (Phi) is 6.23. The van der Waals surface area contributed by atoms with Crippen LogP contribution in [0.4, 0.5) is 0 Å². The van der Waals surface area contributed by atoms with Crippen LogP contribution in [0.3, 0.4) is 0 Å². The molecule has 2 heterocycles. The van der Waals surface area contributed by atoms with E-state index in [1.54, 1.807) is 11.6 Å². The van der Waals surface area contributed by atoms with E-state index >= 15 is 0 Å². The van der Waals surface area contributed by atoms with Crippen LogP contribution in [0.25, 0.3) is 16.4 Å². The molecule has 1 saturated carbocycles. The smallest absolute Gasteiger partial charge is 0.379 e. The number of hydrogen-bond donors (Lipinski definition) is 1. The zero-order chi connectivity index (χ0) is 20.9. The van der Waals surface area contributed by atoms with E-state index in [-0.39, 0.29) is 17.8 Å². The molecule has 0 bridgehead atoms. The van der Waals surface area contributed by atoms with Gasteiger partial charge in [-0.2, -0.15) is 4.98 Å². The molecule has 0 aliphatic heterocycles. The number of aromatic nitrogens is 3. The quantitative estimate of drug-likeness (QED) is 0.605. The Morgan fingerprint density at radius 3 is 2.60 bits per heavy atom. The van der Waals surface area contributed by atoms with Crippen molar-refractivity contribution in [2.75, 3.05) is 0 Å².